The van der Waals surface area contributed by atoms with E-state index in [2.05, 4.69) is 10.6 Å². The van der Waals surface area contributed by atoms with Crippen LogP contribution in [0.4, 0.5) is 10.1 Å². The molecule has 0 unspecified atom stereocenters. The maximum absolute atomic E-state index is 12.8. The van der Waals surface area contributed by atoms with Crippen molar-refractivity contribution in [1.29, 1.82) is 0 Å². The molecule has 4 nitrogen and oxygen atoms in total. The Kier molecular flexibility index (Phi) is 5.43. The van der Waals surface area contributed by atoms with E-state index in [1.165, 1.54) is 12.1 Å². The van der Waals surface area contributed by atoms with E-state index in [9.17, 15) is 9.18 Å². The van der Waals surface area contributed by atoms with Crippen molar-refractivity contribution in [1.82, 2.24) is 5.32 Å². The highest BCUT2D eigenvalue weighted by molar-refractivity contribution is 7.80. The van der Waals surface area contributed by atoms with Crippen LogP contribution in [-0.2, 0) is 17.8 Å². The van der Waals surface area contributed by atoms with Crippen LogP contribution in [0.5, 0.6) is 0 Å². The van der Waals surface area contributed by atoms with E-state index in [0.717, 1.165) is 16.8 Å². The maximum Gasteiger partial charge on any atom is 0.307 e. The third-order valence-electron chi connectivity index (χ3n) is 2.93. The van der Waals surface area contributed by atoms with Crippen LogP contribution in [-0.4, -0.2) is 16.2 Å². The average Bonchev–Trinajstić information content (AvgIpc) is 2.48. The van der Waals surface area contributed by atoms with Gasteiger partial charge in [-0.2, -0.15) is 0 Å². The van der Waals surface area contributed by atoms with Crippen molar-refractivity contribution >= 4 is 29.0 Å². The van der Waals surface area contributed by atoms with Crippen molar-refractivity contribution in [2.45, 2.75) is 13.0 Å². The molecule has 0 aromatic heterocycles. The first kappa shape index (κ1) is 15.9. The summed E-state index contributed by atoms with van der Waals surface area (Å²) in [5.74, 6) is -1.14. The lowest BCUT2D eigenvalue weighted by atomic mass is 10.1. The van der Waals surface area contributed by atoms with Crippen LogP contribution in [0.3, 0.4) is 0 Å². The standard InChI is InChI=1S/C16H15FN2O2S/c17-13-5-1-12(2-6-13)10-18-16(22)19-14-7-3-11(4-8-14)9-15(20)21/h1-8H,9-10H2,(H,20,21)(H2,18,19,22). The topological polar surface area (TPSA) is 61.4 Å². The van der Waals surface area contributed by atoms with Gasteiger partial charge in [-0.1, -0.05) is 24.3 Å². The Morgan fingerprint density at radius 1 is 1.05 bits per heavy atom. The van der Waals surface area contributed by atoms with Gasteiger partial charge in [0.05, 0.1) is 6.42 Å². The Labute approximate surface area is 133 Å². The molecular weight excluding hydrogens is 303 g/mol. The highest BCUT2D eigenvalue weighted by atomic mass is 32.1. The maximum atomic E-state index is 12.8. The zero-order chi connectivity index (χ0) is 15.9. The number of aliphatic carboxylic acids is 1. The summed E-state index contributed by atoms with van der Waals surface area (Å²) in [6.45, 7) is 0.489. The molecule has 0 amide bonds. The summed E-state index contributed by atoms with van der Waals surface area (Å²) in [4.78, 5) is 10.6. The number of carboxylic acid groups (broad SMARTS) is 1. The van der Waals surface area contributed by atoms with Gasteiger partial charge in [-0.25, -0.2) is 4.39 Å². The Hall–Kier alpha value is -2.47. The SMILES string of the molecule is O=C(O)Cc1ccc(NC(=S)NCc2ccc(F)cc2)cc1. The van der Waals surface area contributed by atoms with E-state index in [0.29, 0.717) is 11.7 Å². The molecular formula is C16H15FN2O2S. The molecule has 0 aliphatic rings. The number of carboxylic acids is 1. The van der Waals surface area contributed by atoms with E-state index in [4.69, 9.17) is 17.3 Å². The number of benzene rings is 2. The second-order valence-electron chi connectivity index (χ2n) is 4.70. The van der Waals surface area contributed by atoms with Gasteiger partial charge in [0.2, 0.25) is 0 Å². The van der Waals surface area contributed by atoms with Gasteiger partial charge >= 0.3 is 5.97 Å². The summed E-state index contributed by atoms with van der Waals surface area (Å²) in [6, 6.07) is 13.2. The number of anilines is 1. The molecule has 0 spiro atoms. The van der Waals surface area contributed by atoms with Crippen LogP contribution in [0.2, 0.25) is 0 Å². The van der Waals surface area contributed by atoms with E-state index < -0.39 is 5.97 Å². The Morgan fingerprint density at radius 2 is 1.64 bits per heavy atom. The molecule has 0 aliphatic heterocycles. The quantitative estimate of drug-likeness (QED) is 0.740. The van der Waals surface area contributed by atoms with E-state index in [-0.39, 0.29) is 12.2 Å². The summed E-state index contributed by atoms with van der Waals surface area (Å²) in [5, 5.41) is 15.2. The van der Waals surface area contributed by atoms with Crippen LogP contribution in [0, 0.1) is 5.82 Å². The van der Waals surface area contributed by atoms with Crippen molar-refractivity contribution < 1.29 is 14.3 Å². The highest BCUT2D eigenvalue weighted by Gasteiger charge is 2.02. The number of nitrogens with one attached hydrogen (secondary N) is 2. The van der Waals surface area contributed by atoms with Crippen molar-refractivity contribution in [3.05, 3.63) is 65.5 Å². The minimum atomic E-state index is -0.864. The first-order valence-electron chi connectivity index (χ1n) is 6.63. The van der Waals surface area contributed by atoms with Crippen molar-refractivity contribution in [2.75, 3.05) is 5.32 Å². The van der Waals surface area contributed by atoms with Gasteiger partial charge in [0.1, 0.15) is 5.82 Å². The number of halogens is 1. The summed E-state index contributed by atoms with van der Waals surface area (Å²) < 4.78 is 12.8. The number of hydrogen-bond donors (Lipinski definition) is 3. The molecule has 3 N–H and O–H groups in total. The molecule has 0 radical (unpaired) electrons. The Morgan fingerprint density at radius 3 is 2.23 bits per heavy atom. The largest absolute Gasteiger partial charge is 0.481 e. The molecule has 6 heteroatoms. The predicted octanol–water partition coefficient (Wildman–Crippen LogP) is 2.94. The van der Waals surface area contributed by atoms with Crippen LogP contribution >= 0.6 is 12.2 Å². The van der Waals surface area contributed by atoms with Gasteiger partial charge < -0.3 is 15.7 Å². The molecule has 22 heavy (non-hydrogen) atoms. The summed E-state index contributed by atoms with van der Waals surface area (Å²) >= 11 is 5.17. The smallest absolute Gasteiger partial charge is 0.307 e. The van der Waals surface area contributed by atoms with Crippen LogP contribution in [0.25, 0.3) is 0 Å². The van der Waals surface area contributed by atoms with Gasteiger partial charge in [-0.05, 0) is 47.6 Å². The number of rotatable bonds is 5. The molecule has 2 rings (SSSR count). The van der Waals surface area contributed by atoms with Gasteiger partial charge in [-0.3, -0.25) is 4.79 Å². The van der Waals surface area contributed by atoms with Gasteiger partial charge in [0.15, 0.2) is 5.11 Å². The van der Waals surface area contributed by atoms with Gasteiger partial charge in [-0.15, -0.1) is 0 Å². The Balaban J connectivity index is 1.83. The zero-order valence-corrected chi connectivity index (χ0v) is 12.5. The second-order valence-corrected chi connectivity index (χ2v) is 5.11. The predicted molar refractivity (Wildman–Crippen MR) is 87.2 cm³/mol. The lowest BCUT2D eigenvalue weighted by Crippen LogP contribution is -2.27. The molecule has 0 aliphatic carbocycles. The fraction of sp³-hybridized carbons (Fsp3) is 0.125. The van der Waals surface area contributed by atoms with Crippen LogP contribution in [0.1, 0.15) is 11.1 Å². The first-order chi connectivity index (χ1) is 10.5. The number of hydrogen-bond acceptors (Lipinski definition) is 2. The monoisotopic (exact) mass is 318 g/mol. The molecule has 0 atom stereocenters. The van der Waals surface area contributed by atoms with Crippen molar-refractivity contribution in [3.8, 4) is 0 Å². The highest BCUT2D eigenvalue weighted by Crippen LogP contribution is 2.10. The van der Waals surface area contributed by atoms with Gasteiger partial charge in [0, 0.05) is 12.2 Å². The van der Waals surface area contributed by atoms with E-state index in [1.807, 2.05) is 0 Å². The Bertz CT molecular complexity index is 657. The van der Waals surface area contributed by atoms with E-state index >= 15 is 0 Å². The number of carbonyl (C=O) groups is 1. The zero-order valence-electron chi connectivity index (χ0n) is 11.7. The lowest BCUT2D eigenvalue weighted by molar-refractivity contribution is -0.136. The minimum Gasteiger partial charge on any atom is -0.481 e. The molecule has 0 heterocycles. The van der Waals surface area contributed by atoms with Crippen molar-refractivity contribution in [2.24, 2.45) is 0 Å². The third kappa shape index (κ3) is 5.14. The van der Waals surface area contributed by atoms with Crippen LogP contribution in [0.15, 0.2) is 48.5 Å². The summed E-state index contributed by atoms with van der Waals surface area (Å²) in [5.41, 5.74) is 2.41. The summed E-state index contributed by atoms with van der Waals surface area (Å²) in [7, 11) is 0. The molecule has 0 saturated heterocycles. The molecule has 114 valence electrons. The molecule has 2 aromatic carbocycles. The molecule has 0 saturated carbocycles. The first-order valence-corrected chi connectivity index (χ1v) is 7.04. The molecule has 0 bridgehead atoms. The summed E-state index contributed by atoms with van der Waals surface area (Å²) in [6.07, 6.45) is -0.00641. The lowest BCUT2D eigenvalue weighted by Gasteiger charge is -2.11. The van der Waals surface area contributed by atoms with Gasteiger partial charge in [0.25, 0.3) is 0 Å². The number of thiocarbonyl (C=S) groups is 1. The van der Waals surface area contributed by atoms with Crippen LogP contribution < -0.4 is 10.6 Å². The third-order valence-corrected chi connectivity index (χ3v) is 3.18. The normalized spacial score (nSPS) is 10.0. The molecule has 0 fully saturated rings. The van der Waals surface area contributed by atoms with E-state index in [1.54, 1.807) is 36.4 Å². The fourth-order valence-electron chi connectivity index (χ4n) is 1.84. The average molecular weight is 318 g/mol. The molecule has 2 aromatic rings. The minimum absolute atomic E-state index is 0.00641. The fourth-order valence-corrected chi connectivity index (χ4v) is 2.03. The van der Waals surface area contributed by atoms with Crippen molar-refractivity contribution in [3.63, 3.8) is 0 Å². The second kappa shape index (κ2) is 7.51.